The van der Waals surface area contributed by atoms with Crippen LogP contribution >= 0.6 is 0 Å². The first-order valence-electron chi connectivity index (χ1n) is 11.8. The highest BCUT2D eigenvalue weighted by Crippen LogP contribution is 2.29. The van der Waals surface area contributed by atoms with Crippen molar-refractivity contribution in [2.75, 3.05) is 36.4 Å². The van der Waals surface area contributed by atoms with E-state index >= 15 is 0 Å². The number of piperidine rings is 1. The molecular weight excluding hydrogens is 382 g/mol. The lowest BCUT2D eigenvalue weighted by atomic mass is 10.00. The van der Waals surface area contributed by atoms with Gasteiger partial charge in [0, 0.05) is 37.6 Å². The fourth-order valence-electron chi connectivity index (χ4n) is 5.03. The molecule has 5 rings (SSSR count). The molecule has 1 unspecified atom stereocenters. The first-order valence-corrected chi connectivity index (χ1v) is 11.8. The summed E-state index contributed by atoms with van der Waals surface area (Å²) in [5.74, 6) is 1.80. The number of hydrogen-bond acceptors (Lipinski definition) is 5. The van der Waals surface area contributed by atoms with E-state index < -0.39 is 0 Å². The second-order valence-corrected chi connectivity index (χ2v) is 8.99. The Morgan fingerprint density at radius 3 is 2.71 bits per heavy atom. The molecule has 5 nitrogen and oxygen atoms in total. The normalized spacial score (nSPS) is 19.4. The van der Waals surface area contributed by atoms with Crippen molar-refractivity contribution in [2.24, 2.45) is 0 Å². The van der Waals surface area contributed by atoms with Crippen LogP contribution < -0.4 is 10.2 Å². The van der Waals surface area contributed by atoms with Gasteiger partial charge < -0.3 is 15.1 Å². The highest BCUT2D eigenvalue weighted by molar-refractivity contribution is 5.90. The molecule has 1 fully saturated rings. The molecule has 1 aromatic heterocycles. The molecule has 0 saturated carbocycles. The molecule has 2 aromatic carbocycles. The highest BCUT2D eigenvalue weighted by atomic mass is 15.2. The van der Waals surface area contributed by atoms with Crippen molar-refractivity contribution in [1.29, 1.82) is 0 Å². The number of likely N-dealkylation sites (tertiary alicyclic amines) is 1. The van der Waals surface area contributed by atoms with Gasteiger partial charge in [0.1, 0.15) is 5.82 Å². The molecule has 2 aliphatic rings. The summed E-state index contributed by atoms with van der Waals surface area (Å²) in [6.45, 7) is 7.56. The van der Waals surface area contributed by atoms with Crippen molar-refractivity contribution in [2.45, 2.75) is 51.6 Å². The lowest BCUT2D eigenvalue weighted by Gasteiger charge is -2.33. The topological polar surface area (TPSA) is 44.3 Å². The second kappa shape index (κ2) is 9.23. The van der Waals surface area contributed by atoms with Gasteiger partial charge in [-0.2, -0.15) is 4.98 Å². The van der Waals surface area contributed by atoms with Crippen LogP contribution in [0.25, 0.3) is 10.9 Å². The number of nitrogens with zero attached hydrogens (tertiary/aromatic N) is 4. The summed E-state index contributed by atoms with van der Waals surface area (Å²) in [6.07, 6.45) is 6.24. The Balaban J connectivity index is 1.31. The molecule has 1 atom stereocenters. The quantitative estimate of drug-likeness (QED) is 0.582. The third kappa shape index (κ3) is 4.52. The molecule has 3 aromatic rings. The van der Waals surface area contributed by atoms with Crippen LogP contribution in [-0.4, -0.2) is 47.1 Å². The monoisotopic (exact) mass is 415 g/mol. The maximum Gasteiger partial charge on any atom is 0.225 e. The second-order valence-electron chi connectivity index (χ2n) is 8.99. The van der Waals surface area contributed by atoms with Crippen molar-refractivity contribution < 1.29 is 0 Å². The minimum Gasteiger partial charge on any atom is -0.354 e. The first-order chi connectivity index (χ1) is 15.3. The molecule has 5 heteroatoms. The van der Waals surface area contributed by atoms with Crippen molar-refractivity contribution >= 4 is 22.7 Å². The van der Waals surface area contributed by atoms with Crippen molar-refractivity contribution in [3.63, 3.8) is 0 Å². The largest absolute Gasteiger partial charge is 0.354 e. The molecule has 2 aliphatic heterocycles. The zero-order chi connectivity index (χ0) is 21.0. The molecular formula is C26H33N5. The average Bonchev–Trinajstić information content (AvgIpc) is 2.82. The van der Waals surface area contributed by atoms with Crippen molar-refractivity contribution in [3.8, 4) is 0 Å². The molecule has 0 radical (unpaired) electrons. The zero-order valence-corrected chi connectivity index (χ0v) is 18.6. The fourth-order valence-corrected chi connectivity index (χ4v) is 5.03. The maximum absolute atomic E-state index is 4.99. The van der Waals surface area contributed by atoms with E-state index in [4.69, 9.17) is 9.97 Å². The molecule has 0 bridgehead atoms. The predicted octanol–water partition coefficient (Wildman–Crippen LogP) is 4.87. The van der Waals surface area contributed by atoms with Crippen LogP contribution in [0.5, 0.6) is 0 Å². The molecule has 3 heterocycles. The number of hydrogen-bond donors (Lipinski definition) is 1. The molecule has 1 saturated heterocycles. The van der Waals surface area contributed by atoms with Gasteiger partial charge in [-0.25, -0.2) is 4.98 Å². The van der Waals surface area contributed by atoms with E-state index in [0.717, 1.165) is 67.7 Å². The van der Waals surface area contributed by atoms with Gasteiger partial charge in [0.05, 0.1) is 5.52 Å². The highest BCUT2D eigenvalue weighted by Gasteiger charge is 2.20. The third-order valence-corrected chi connectivity index (χ3v) is 6.86. The van der Waals surface area contributed by atoms with Crippen LogP contribution in [-0.2, 0) is 13.0 Å². The molecule has 162 valence electrons. The SMILES string of the molecule is CC1CCCCN1CCCNc1nc(N2CCc3ccccc3C2)c2ccccc2n1. The van der Waals surface area contributed by atoms with Crippen LogP contribution in [0.2, 0.25) is 0 Å². The van der Waals surface area contributed by atoms with Gasteiger partial charge in [0.25, 0.3) is 0 Å². The summed E-state index contributed by atoms with van der Waals surface area (Å²) in [7, 11) is 0. The number of para-hydroxylation sites is 1. The van der Waals surface area contributed by atoms with Crippen LogP contribution in [0.1, 0.15) is 43.7 Å². The van der Waals surface area contributed by atoms with E-state index in [2.05, 4.69) is 70.6 Å². The van der Waals surface area contributed by atoms with Gasteiger partial charge in [-0.15, -0.1) is 0 Å². The van der Waals surface area contributed by atoms with Gasteiger partial charge in [-0.05, 0) is 62.4 Å². The Morgan fingerprint density at radius 1 is 0.968 bits per heavy atom. The van der Waals surface area contributed by atoms with Gasteiger partial charge in [0.2, 0.25) is 5.95 Å². The van der Waals surface area contributed by atoms with E-state index in [0.29, 0.717) is 0 Å². The maximum atomic E-state index is 4.99. The molecule has 0 amide bonds. The van der Waals surface area contributed by atoms with E-state index in [1.807, 2.05) is 0 Å². The minimum atomic E-state index is 0.722. The Morgan fingerprint density at radius 2 is 1.81 bits per heavy atom. The average molecular weight is 416 g/mol. The van der Waals surface area contributed by atoms with Crippen molar-refractivity contribution in [3.05, 3.63) is 59.7 Å². The summed E-state index contributed by atoms with van der Waals surface area (Å²) in [5.41, 5.74) is 3.88. The predicted molar refractivity (Wildman–Crippen MR) is 129 cm³/mol. The molecule has 0 aliphatic carbocycles. The number of rotatable bonds is 6. The number of fused-ring (bicyclic) bond motifs is 2. The Hall–Kier alpha value is -2.66. The number of benzene rings is 2. The summed E-state index contributed by atoms with van der Waals surface area (Å²) in [4.78, 5) is 14.8. The van der Waals surface area contributed by atoms with Crippen LogP contribution in [0, 0.1) is 0 Å². The van der Waals surface area contributed by atoms with E-state index in [-0.39, 0.29) is 0 Å². The summed E-state index contributed by atoms with van der Waals surface area (Å²) in [6, 6.07) is 17.9. The molecule has 1 N–H and O–H groups in total. The summed E-state index contributed by atoms with van der Waals surface area (Å²) in [5, 5.41) is 4.65. The van der Waals surface area contributed by atoms with Gasteiger partial charge in [0.15, 0.2) is 0 Å². The van der Waals surface area contributed by atoms with E-state index in [1.165, 1.54) is 36.9 Å². The van der Waals surface area contributed by atoms with Gasteiger partial charge >= 0.3 is 0 Å². The lowest BCUT2D eigenvalue weighted by Crippen LogP contribution is -2.38. The standard InChI is InChI=1S/C26H33N5/c1-20-9-6-7-16-30(20)17-8-15-27-26-28-24-13-5-4-12-23(24)25(29-26)31-18-14-21-10-2-3-11-22(21)19-31/h2-5,10-13,20H,6-9,14-19H2,1H3,(H,27,28,29). The summed E-state index contributed by atoms with van der Waals surface area (Å²) >= 11 is 0. The fraction of sp³-hybridized carbons (Fsp3) is 0.462. The Labute approximate surface area is 185 Å². The smallest absolute Gasteiger partial charge is 0.225 e. The van der Waals surface area contributed by atoms with Crippen molar-refractivity contribution in [1.82, 2.24) is 14.9 Å². The van der Waals surface area contributed by atoms with Gasteiger partial charge in [-0.3, -0.25) is 0 Å². The summed E-state index contributed by atoms with van der Waals surface area (Å²) < 4.78 is 0. The van der Waals surface area contributed by atoms with E-state index in [1.54, 1.807) is 0 Å². The zero-order valence-electron chi connectivity index (χ0n) is 18.6. The molecule has 0 spiro atoms. The first kappa shape index (κ1) is 20.3. The Bertz CT molecular complexity index is 1030. The third-order valence-electron chi connectivity index (χ3n) is 6.86. The number of anilines is 2. The van der Waals surface area contributed by atoms with Crippen LogP contribution in [0.15, 0.2) is 48.5 Å². The minimum absolute atomic E-state index is 0.722. The van der Waals surface area contributed by atoms with Gasteiger partial charge in [-0.1, -0.05) is 42.8 Å². The van der Waals surface area contributed by atoms with Crippen LogP contribution in [0.4, 0.5) is 11.8 Å². The Kier molecular flexibility index (Phi) is 6.03. The molecule has 31 heavy (non-hydrogen) atoms. The number of aromatic nitrogens is 2. The number of nitrogens with one attached hydrogen (secondary N) is 1. The van der Waals surface area contributed by atoms with Crippen LogP contribution in [0.3, 0.4) is 0 Å². The lowest BCUT2D eigenvalue weighted by molar-refractivity contribution is 0.160. The van der Waals surface area contributed by atoms with E-state index in [9.17, 15) is 0 Å².